The zero-order valence-corrected chi connectivity index (χ0v) is 7.78. The van der Waals surface area contributed by atoms with E-state index in [1.54, 1.807) is 13.8 Å². The molecule has 2 bridgehead atoms. The molecule has 2 nitrogen and oxygen atoms in total. The van der Waals surface area contributed by atoms with Crippen LogP contribution in [0.4, 0.5) is 4.39 Å². The van der Waals surface area contributed by atoms with Crippen molar-refractivity contribution in [3.8, 4) is 0 Å². The third-order valence-corrected chi connectivity index (χ3v) is 2.96. The van der Waals surface area contributed by atoms with Crippen molar-refractivity contribution >= 4 is 0 Å². The lowest BCUT2D eigenvalue weighted by Crippen LogP contribution is -2.58. The summed E-state index contributed by atoms with van der Waals surface area (Å²) in [6, 6.07) is 0. The minimum atomic E-state index is -1.07. The largest absolute Gasteiger partial charge is 0.324 e. The summed E-state index contributed by atoms with van der Waals surface area (Å²) in [6.45, 7) is 4.14. The number of fused-ring (bicyclic) bond motifs is 1. The van der Waals surface area contributed by atoms with Gasteiger partial charge < -0.3 is 11.1 Å². The molecule has 1 aliphatic carbocycles. The van der Waals surface area contributed by atoms with Crippen molar-refractivity contribution in [2.45, 2.75) is 49.9 Å². The van der Waals surface area contributed by atoms with E-state index in [-0.39, 0.29) is 11.1 Å². The Kier molecular flexibility index (Phi) is 1.42. The van der Waals surface area contributed by atoms with E-state index in [0.717, 1.165) is 19.4 Å². The highest BCUT2D eigenvalue weighted by Crippen LogP contribution is 2.49. The molecule has 3 N–H and O–H groups in total. The number of rotatable bonds is 2. The number of halogens is 1. The molecule has 0 unspecified atom stereocenters. The molecule has 0 atom stereocenters. The predicted octanol–water partition coefficient (Wildman–Crippen LogP) is 0.958. The molecule has 12 heavy (non-hydrogen) atoms. The minimum Gasteiger partial charge on any atom is -0.324 e. The van der Waals surface area contributed by atoms with Gasteiger partial charge in [0, 0.05) is 17.6 Å². The van der Waals surface area contributed by atoms with Gasteiger partial charge in [0.15, 0.2) is 0 Å². The van der Waals surface area contributed by atoms with Crippen LogP contribution in [0.1, 0.15) is 33.1 Å². The van der Waals surface area contributed by atoms with Gasteiger partial charge >= 0.3 is 0 Å². The van der Waals surface area contributed by atoms with Crippen molar-refractivity contribution in [3.05, 3.63) is 0 Å². The summed E-state index contributed by atoms with van der Waals surface area (Å²) < 4.78 is 13.4. The molecule has 0 amide bonds. The topological polar surface area (TPSA) is 38.0 Å². The average molecular weight is 172 g/mol. The SMILES string of the molecule is CC(C)(F)CC12CC(N)(CN1)C2. The summed E-state index contributed by atoms with van der Waals surface area (Å²) in [5, 5.41) is 3.34. The summed E-state index contributed by atoms with van der Waals surface area (Å²) in [5.74, 6) is 0. The highest BCUT2D eigenvalue weighted by molar-refractivity contribution is 5.21. The highest BCUT2D eigenvalue weighted by atomic mass is 19.1. The maximum absolute atomic E-state index is 13.4. The molecule has 3 heteroatoms. The van der Waals surface area contributed by atoms with E-state index < -0.39 is 5.67 Å². The number of hydrogen-bond donors (Lipinski definition) is 2. The summed E-state index contributed by atoms with van der Waals surface area (Å²) in [6.07, 6.45) is 2.50. The van der Waals surface area contributed by atoms with Crippen LogP contribution >= 0.6 is 0 Å². The van der Waals surface area contributed by atoms with Crippen LogP contribution in [-0.4, -0.2) is 23.3 Å². The molecule has 0 aromatic rings. The van der Waals surface area contributed by atoms with Gasteiger partial charge in [0.25, 0.3) is 0 Å². The van der Waals surface area contributed by atoms with Gasteiger partial charge in [-0.25, -0.2) is 4.39 Å². The van der Waals surface area contributed by atoms with Crippen LogP contribution in [-0.2, 0) is 0 Å². The van der Waals surface area contributed by atoms with Gasteiger partial charge in [0.1, 0.15) is 5.67 Å². The molecule has 0 spiro atoms. The van der Waals surface area contributed by atoms with Gasteiger partial charge in [0.2, 0.25) is 0 Å². The Bertz CT molecular complexity index is 201. The molecule has 3 fully saturated rings. The first-order valence-electron chi connectivity index (χ1n) is 4.56. The normalized spacial score (nSPS) is 46.0. The molecule has 0 radical (unpaired) electrons. The first kappa shape index (κ1) is 8.45. The molecule has 3 aliphatic rings. The van der Waals surface area contributed by atoms with Crippen molar-refractivity contribution < 1.29 is 4.39 Å². The summed E-state index contributed by atoms with van der Waals surface area (Å²) >= 11 is 0. The zero-order chi connectivity index (χ0) is 9.04. The first-order valence-corrected chi connectivity index (χ1v) is 4.56. The van der Waals surface area contributed by atoms with Crippen molar-refractivity contribution in [3.63, 3.8) is 0 Å². The van der Waals surface area contributed by atoms with E-state index in [1.165, 1.54) is 0 Å². The molecular weight excluding hydrogens is 155 g/mol. The van der Waals surface area contributed by atoms with E-state index in [9.17, 15) is 4.39 Å². The van der Waals surface area contributed by atoms with Crippen molar-refractivity contribution in [1.82, 2.24) is 5.32 Å². The van der Waals surface area contributed by atoms with E-state index in [1.807, 2.05) is 0 Å². The fourth-order valence-electron chi connectivity index (χ4n) is 2.90. The quantitative estimate of drug-likeness (QED) is 0.651. The monoisotopic (exact) mass is 172 g/mol. The van der Waals surface area contributed by atoms with E-state index >= 15 is 0 Å². The second-order valence-corrected chi connectivity index (χ2v) is 5.25. The molecule has 0 aromatic carbocycles. The average Bonchev–Trinajstić information content (AvgIpc) is 2.13. The molecular formula is C9H17FN2. The third kappa shape index (κ3) is 1.25. The van der Waals surface area contributed by atoms with Crippen LogP contribution < -0.4 is 11.1 Å². The molecule has 70 valence electrons. The smallest absolute Gasteiger partial charge is 0.107 e. The zero-order valence-electron chi connectivity index (χ0n) is 7.78. The van der Waals surface area contributed by atoms with Gasteiger partial charge in [-0.15, -0.1) is 0 Å². The minimum absolute atomic E-state index is 0.00868. The second kappa shape index (κ2) is 2.02. The lowest BCUT2D eigenvalue weighted by molar-refractivity contribution is 0.0892. The van der Waals surface area contributed by atoms with Gasteiger partial charge in [0.05, 0.1) is 0 Å². The first-order chi connectivity index (χ1) is 5.33. The Morgan fingerprint density at radius 1 is 1.50 bits per heavy atom. The molecule has 2 saturated heterocycles. The van der Waals surface area contributed by atoms with E-state index in [0.29, 0.717) is 6.42 Å². The number of nitrogens with two attached hydrogens (primary N) is 1. The van der Waals surface area contributed by atoms with E-state index in [4.69, 9.17) is 5.73 Å². The van der Waals surface area contributed by atoms with Gasteiger partial charge in [-0.2, -0.15) is 0 Å². The van der Waals surface area contributed by atoms with Crippen LogP contribution in [0.5, 0.6) is 0 Å². The van der Waals surface area contributed by atoms with E-state index in [2.05, 4.69) is 5.32 Å². The Labute approximate surface area is 72.7 Å². The number of nitrogens with one attached hydrogen (secondary N) is 1. The number of alkyl halides is 1. The molecule has 2 aliphatic heterocycles. The Morgan fingerprint density at radius 3 is 2.42 bits per heavy atom. The fourth-order valence-corrected chi connectivity index (χ4v) is 2.90. The maximum Gasteiger partial charge on any atom is 0.107 e. The molecule has 0 aromatic heterocycles. The Balaban J connectivity index is 2.00. The van der Waals surface area contributed by atoms with Crippen molar-refractivity contribution in [2.75, 3.05) is 6.54 Å². The third-order valence-electron chi connectivity index (χ3n) is 2.96. The van der Waals surface area contributed by atoms with Crippen LogP contribution in [0.2, 0.25) is 0 Å². The lowest BCUT2D eigenvalue weighted by atomic mass is 9.65. The highest BCUT2D eigenvalue weighted by Gasteiger charge is 2.59. The van der Waals surface area contributed by atoms with Gasteiger partial charge in [-0.3, -0.25) is 0 Å². The van der Waals surface area contributed by atoms with Gasteiger partial charge in [-0.1, -0.05) is 0 Å². The van der Waals surface area contributed by atoms with Crippen LogP contribution in [0.25, 0.3) is 0 Å². The van der Waals surface area contributed by atoms with Crippen LogP contribution in [0.3, 0.4) is 0 Å². The predicted molar refractivity (Wildman–Crippen MR) is 46.7 cm³/mol. The number of hydrogen-bond acceptors (Lipinski definition) is 2. The summed E-state index contributed by atoms with van der Waals surface area (Å²) in [5.41, 5.74) is 4.92. The standard InChI is InChI=1S/C9H17FN2/c1-7(2,10)3-9-4-8(11,5-9)6-12-9/h12H,3-6,11H2,1-2H3. The Hall–Kier alpha value is -0.150. The van der Waals surface area contributed by atoms with Crippen LogP contribution in [0, 0.1) is 0 Å². The second-order valence-electron chi connectivity index (χ2n) is 5.25. The van der Waals surface area contributed by atoms with Crippen LogP contribution in [0.15, 0.2) is 0 Å². The Morgan fingerprint density at radius 2 is 2.08 bits per heavy atom. The summed E-state index contributed by atoms with van der Waals surface area (Å²) in [4.78, 5) is 0. The lowest BCUT2D eigenvalue weighted by Gasteiger charge is -2.45. The van der Waals surface area contributed by atoms with Crippen molar-refractivity contribution in [2.24, 2.45) is 5.73 Å². The van der Waals surface area contributed by atoms with Crippen molar-refractivity contribution in [1.29, 1.82) is 0 Å². The van der Waals surface area contributed by atoms with Gasteiger partial charge in [-0.05, 0) is 33.1 Å². The molecule has 1 saturated carbocycles. The maximum atomic E-state index is 13.4. The summed E-state index contributed by atoms with van der Waals surface area (Å²) in [7, 11) is 0. The fraction of sp³-hybridized carbons (Fsp3) is 1.00. The molecule has 3 rings (SSSR count). The molecule has 2 heterocycles.